The molecule has 1 aliphatic rings. The van der Waals surface area contributed by atoms with Gasteiger partial charge in [-0.05, 0) is 43.4 Å². The number of rotatable bonds is 3. The molecule has 134 valence electrons. The van der Waals surface area contributed by atoms with Gasteiger partial charge >= 0.3 is 0 Å². The van der Waals surface area contributed by atoms with Crippen molar-refractivity contribution in [2.45, 2.75) is 32.4 Å². The average molecular weight is 389 g/mol. The summed E-state index contributed by atoms with van der Waals surface area (Å²) in [4.78, 5) is 32.3. The van der Waals surface area contributed by atoms with Gasteiger partial charge in [-0.1, -0.05) is 23.7 Å². The molecule has 1 aliphatic heterocycles. The number of carbonyl (C=O) groups excluding carboxylic acids is 1. The Balaban J connectivity index is 1.72. The monoisotopic (exact) mass is 388 g/mol. The van der Waals surface area contributed by atoms with Crippen LogP contribution >= 0.6 is 23.1 Å². The Hall–Kier alpha value is -2.25. The SMILES string of the molecule is CC1CCCN1C(=O)Cn1cnc2snc(-c3ccc(Cl)cc3)c2c1=O. The zero-order valence-corrected chi connectivity index (χ0v) is 15.8. The molecule has 1 amide bonds. The standard InChI is InChI=1S/C18H17ClN4O2S/c1-11-3-2-8-23(11)14(24)9-22-10-20-17-15(18(22)25)16(21-26-17)12-4-6-13(19)7-5-12/h4-7,10-11H,2-3,8-9H2,1H3. The topological polar surface area (TPSA) is 68.1 Å². The molecule has 3 aromatic rings. The third kappa shape index (κ3) is 3.01. The summed E-state index contributed by atoms with van der Waals surface area (Å²) in [5.74, 6) is -0.0468. The summed E-state index contributed by atoms with van der Waals surface area (Å²) in [6, 6.07) is 7.39. The number of hydrogen-bond acceptors (Lipinski definition) is 5. The van der Waals surface area contributed by atoms with E-state index in [1.807, 2.05) is 24.0 Å². The van der Waals surface area contributed by atoms with Crippen LogP contribution < -0.4 is 5.56 Å². The number of halogens is 1. The maximum absolute atomic E-state index is 13.0. The van der Waals surface area contributed by atoms with E-state index in [1.54, 1.807) is 12.1 Å². The molecule has 1 atom stereocenters. The smallest absolute Gasteiger partial charge is 0.264 e. The van der Waals surface area contributed by atoms with Crippen LogP contribution in [0.2, 0.25) is 5.02 Å². The number of carbonyl (C=O) groups is 1. The molecular weight excluding hydrogens is 372 g/mol. The first-order chi connectivity index (χ1) is 12.5. The number of benzene rings is 1. The Labute approximate surface area is 159 Å². The molecule has 0 bridgehead atoms. The molecule has 1 aromatic carbocycles. The van der Waals surface area contributed by atoms with Crippen molar-refractivity contribution in [3.63, 3.8) is 0 Å². The Kier molecular flexibility index (Phi) is 4.50. The minimum atomic E-state index is -0.242. The van der Waals surface area contributed by atoms with Crippen molar-refractivity contribution in [2.75, 3.05) is 6.54 Å². The van der Waals surface area contributed by atoms with Gasteiger partial charge in [-0.25, -0.2) is 4.98 Å². The fourth-order valence-corrected chi connectivity index (χ4v) is 4.21. The van der Waals surface area contributed by atoms with Gasteiger partial charge in [-0.3, -0.25) is 14.2 Å². The lowest BCUT2D eigenvalue weighted by molar-refractivity contribution is -0.132. The van der Waals surface area contributed by atoms with Crippen molar-refractivity contribution < 1.29 is 4.79 Å². The predicted octanol–water partition coefficient (Wildman–Crippen LogP) is 3.18. The number of nitrogens with zero attached hydrogens (tertiary/aromatic N) is 4. The van der Waals surface area contributed by atoms with E-state index < -0.39 is 0 Å². The van der Waals surface area contributed by atoms with Gasteiger partial charge in [0, 0.05) is 23.2 Å². The Morgan fingerprint density at radius 3 is 2.81 bits per heavy atom. The van der Waals surface area contributed by atoms with E-state index in [1.165, 1.54) is 22.4 Å². The molecule has 2 aromatic heterocycles. The normalized spacial score (nSPS) is 17.2. The molecule has 1 unspecified atom stereocenters. The quantitative estimate of drug-likeness (QED) is 0.691. The van der Waals surface area contributed by atoms with Crippen LogP contribution in [0, 0.1) is 0 Å². The zero-order chi connectivity index (χ0) is 18.3. The van der Waals surface area contributed by atoms with Crippen LogP contribution in [0.1, 0.15) is 19.8 Å². The molecule has 0 radical (unpaired) electrons. The van der Waals surface area contributed by atoms with Gasteiger partial charge in [0.25, 0.3) is 5.56 Å². The highest BCUT2D eigenvalue weighted by molar-refractivity contribution is 7.13. The molecule has 1 fully saturated rings. The third-order valence-corrected chi connectivity index (χ3v) is 5.77. The Bertz CT molecular complexity index is 1030. The van der Waals surface area contributed by atoms with Crippen LogP contribution in [0.25, 0.3) is 21.5 Å². The molecule has 1 saturated heterocycles. The first-order valence-electron chi connectivity index (χ1n) is 8.45. The van der Waals surface area contributed by atoms with Crippen molar-refractivity contribution in [2.24, 2.45) is 0 Å². The van der Waals surface area contributed by atoms with Gasteiger partial charge < -0.3 is 4.90 Å². The Morgan fingerprint density at radius 2 is 2.12 bits per heavy atom. The van der Waals surface area contributed by atoms with Crippen LogP contribution in [-0.4, -0.2) is 37.3 Å². The number of aromatic nitrogens is 3. The second-order valence-electron chi connectivity index (χ2n) is 6.47. The zero-order valence-electron chi connectivity index (χ0n) is 14.2. The molecular formula is C18H17ClN4O2S. The first-order valence-corrected chi connectivity index (χ1v) is 9.60. The summed E-state index contributed by atoms with van der Waals surface area (Å²) in [5.41, 5.74) is 1.14. The summed E-state index contributed by atoms with van der Waals surface area (Å²) >= 11 is 7.12. The van der Waals surface area contributed by atoms with Gasteiger partial charge in [-0.15, -0.1) is 0 Å². The third-order valence-electron chi connectivity index (χ3n) is 4.76. The molecule has 26 heavy (non-hydrogen) atoms. The van der Waals surface area contributed by atoms with E-state index in [2.05, 4.69) is 9.36 Å². The van der Waals surface area contributed by atoms with E-state index in [0.717, 1.165) is 24.9 Å². The van der Waals surface area contributed by atoms with Crippen LogP contribution in [0.3, 0.4) is 0 Å². The maximum atomic E-state index is 13.0. The largest absolute Gasteiger partial charge is 0.338 e. The fourth-order valence-electron chi connectivity index (χ4n) is 3.34. The molecule has 0 N–H and O–H groups in total. The van der Waals surface area contributed by atoms with Crippen LogP contribution in [-0.2, 0) is 11.3 Å². The predicted molar refractivity (Wildman–Crippen MR) is 103 cm³/mol. The minimum Gasteiger partial charge on any atom is -0.338 e. The van der Waals surface area contributed by atoms with Crippen LogP contribution in [0.15, 0.2) is 35.4 Å². The lowest BCUT2D eigenvalue weighted by atomic mass is 10.1. The van der Waals surface area contributed by atoms with Gasteiger partial charge in [0.1, 0.15) is 11.9 Å². The van der Waals surface area contributed by atoms with Crippen molar-refractivity contribution in [1.82, 2.24) is 18.8 Å². The van der Waals surface area contributed by atoms with E-state index in [4.69, 9.17) is 11.6 Å². The molecule has 6 nitrogen and oxygen atoms in total. The summed E-state index contributed by atoms with van der Waals surface area (Å²) < 4.78 is 5.77. The molecule has 0 spiro atoms. The number of amides is 1. The number of hydrogen-bond donors (Lipinski definition) is 0. The number of fused-ring (bicyclic) bond motifs is 1. The summed E-state index contributed by atoms with van der Waals surface area (Å²) in [7, 11) is 0. The molecule has 0 saturated carbocycles. The fraction of sp³-hybridized carbons (Fsp3) is 0.333. The van der Waals surface area contributed by atoms with Crippen molar-refractivity contribution in [3.05, 3.63) is 46.0 Å². The second kappa shape index (κ2) is 6.81. The van der Waals surface area contributed by atoms with E-state index in [-0.39, 0.29) is 24.1 Å². The summed E-state index contributed by atoms with van der Waals surface area (Å²) in [6.45, 7) is 2.79. The maximum Gasteiger partial charge on any atom is 0.264 e. The van der Waals surface area contributed by atoms with E-state index in [9.17, 15) is 9.59 Å². The summed E-state index contributed by atoms with van der Waals surface area (Å²) in [6.07, 6.45) is 3.45. The highest BCUT2D eigenvalue weighted by atomic mass is 35.5. The second-order valence-corrected chi connectivity index (χ2v) is 7.66. The van der Waals surface area contributed by atoms with Gasteiger partial charge in [0.05, 0.1) is 12.0 Å². The summed E-state index contributed by atoms with van der Waals surface area (Å²) in [5, 5.41) is 1.07. The first kappa shape index (κ1) is 17.2. The number of likely N-dealkylation sites (tertiary alicyclic amines) is 1. The van der Waals surface area contributed by atoms with Crippen LogP contribution in [0.4, 0.5) is 0 Å². The lowest BCUT2D eigenvalue weighted by Gasteiger charge is -2.21. The van der Waals surface area contributed by atoms with Gasteiger partial charge in [-0.2, -0.15) is 4.37 Å². The van der Waals surface area contributed by atoms with Crippen molar-refractivity contribution in [1.29, 1.82) is 0 Å². The van der Waals surface area contributed by atoms with E-state index in [0.29, 0.717) is 20.9 Å². The Morgan fingerprint density at radius 1 is 1.35 bits per heavy atom. The highest BCUT2D eigenvalue weighted by Gasteiger charge is 2.25. The van der Waals surface area contributed by atoms with E-state index >= 15 is 0 Å². The van der Waals surface area contributed by atoms with Crippen molar-refractivity contribution >= 4 is 39.3 Å². The van der Waals surface area contributed by atoms with Gasteiger partial charge in [0.15, 0.2) is 4.83 Å². The lowest BCUT2D eigenvalue weighted by Crippen LogP contribution is -2.38. The molecule has 8 heteroatoms. The van der Waals surface area contributed by atoms with Gasteiger partial charge in [0.2, 0.25) is 5.91 Å². The highest BCUT2D eigenvalue weighted by Crippen LogP contribution is 2.28. The minimum absolute atomic E-state index is 0.00200. The molecule has 4 rings (SSSR count). The van der Waals surface area contributed by atoms with Crippen molar-refractivity contribution in [3.8, 4) is 11.3 Å². The van der Waals surface area contributed by atoms with Crippen LogP contribution in [0.5, 0.6) is 0 Å². The molecule has 0 aliphatic carbocycles. The molecule has 3 heterocycles. The average Bonchev–Trinajstić information content (AvgIpc) is 3.25.